The first-order valence-electron chi connectivity index (χ1n) is 5.00. The first kappa shape index (κ1) is 13.6. The van der Waals surface area contributed by atoms with Gasteiger partial charge in [0, 0.05) is 12.4 Å². The summed E-state index contributed by atoms with van der Waals surface area (Å²) in [5, 5.41) is 8.91. The minimum absolute atomic E-state index is 0.0492. The van der Waals surface area contributed by atoms with Crippen LogP contribution in [-0.4, -0.2) is 30.5 Å². The lowest BCUT2D eigenvalue weighted by Crippen LogP contribution is -2.44. The SMILES string of the molecule is CC(C)C(NS(=O)(=O)c1cccnc1)C(=O)O. The summed E-state index contributed by atoms with van der Waals surface area (Å²) < 4.78 is 25.8. The van der Waals surface area contributed by atoms with Crippen LogP contribution in [0.25, 0.3) is 0 Å². The zero-order valence-electron chi connectivity index (χ0n) is 9.49. The van der Waals surface area contributed by atoms with Crippen LogP contribution in [0.5, 0.6) is 0 Å². The molecule has 1 unspecified atom stereocenters. The molecule has 0 saturated heterocycles. The molecular formula is C10H14N2O4S. The standard InChI is InChI=1S/C10H14N2O4S/c1-7(2)9(10(13)14)12-17(15,16)8-4-3-5-11-6-8/h3-7,9,12H,1-2H3,(H,13,14). The normalized spacial score (nSPS) is 13.6. The summed E-state index contributed by atoms with van der Waals surface area (Å²) in [4.78, 5) is 14.5. The van der Waals surface area contributed by atoms with Crippen LogP contribution in [-0.2, 0) is 14.8 Å². The van der Waals surface area contributed by atoms with Crippen LogP contribution in [0, 0.1) is 5.92 Å². The molecule has 0 aliphatic rings. The van der Waals surface area contributed by atoms with E-state index in [1.807, 2.05) is 0 Å². The highest BCUT2D eigenvalue weighted by Crippen LogP contribution is 2.10. The Kier molecular flexibility index (Phi) is 4.19. The van der Waals surface area contributed by atoms with Crippen LogP contribution in [0.3, 0.4) is 0 Å². The van der Waals surface area contributed by atoms with E-state index in [4.69, 9.17) is 5.11 Å². The van der Waals surface area contributed by atoms with Crippen LogP contribution in [0.15, 0.2) is 29.4 Å². The molecule has 2 N–H and O–H groups in total. The summed E-state index contributed by atoms with van der Waals surface area (Å²) in [6.45, 7) is 3.26. The summed E-state index contributed by atoms with van der Waals surface area (Å²) in [6, 6.07) is 1.68. The number of aliphatic carboxylic acids is 1. The number of hydrogen-bond acceptors (Lipinski definition) is 4. The third kappa shape index (κ3) is 3.50. The maximum Gasteiger partial charge on any atom is 0.322 e. The number of rotatable bonds is 5. The fraction of sp³-hybridized carbons (Fsp3) is 0.400. The average Bonchev–Trinajstić information content (AvgIpc) is 2.26. The van der Waals surface area contributed by atoms with Gasteiger partial charge in [-0.05, 0) is 18.1 Å². The lowest BCUT2D eigenvalue weighted by atomic mass is 10.1. The molecule has 17 heavy (non-hydrogen) atoms. The fourth-order valence-corrected chi connectivity index (χ4v) is 2.51. The van der Waals surface area contributed by atoms with Crippen molar-refractivity contribution in [3.05, 3.63) is 24.5 Å². The van der Waals surface area contributed by atoms with E-state index >= 15 is 0 Å². The second-order valence-electron chi connectivity index (χ2n) is 3.87. The van der Waals surface area contributed by atoms with Gasteiger partial charge in [-0.15, -0.1) is 0 Å². The van der Waals surface area contributed by atoms with Crippen molar-refractivity contribution in [2.45, 2.75) is 24.8 Å². The van der Waals surface area contributed by atoms with Crippen molar-refractivity contribution in [3.63, 3.8) is 0 Å². The van der Waals surface area contributed by atoms with Crippen molar-refractivity contribution < 1.29 is 18.3 Å². The molecule has 0 amide bonds. The monoisotopic (exact) mass is 258 g/mol. The molecule has 0 aliphatic carbocycles. The van der Waals surface area contributed by atoms with E-state index in [2.05, 4.69) is 9.71 Å². The smallest absolute Gasteiger partial charge is 0.322 e. The summed E-state index contributed by atoms with van der Waals surface area (Å²) in [5.74, 6) is -1.55. The summed E-state index contributed by atoms with van der Waals surface area (Å²) in [7, 11) is -3.84. The van der Waals surface area contributed by atoms with Crippen molar-refractivity contribution in [3.8, 4) is 0 Å². The zero-order chi connectivity index (χ0) is 13.1. The lowest BCUT2D eigenvalue weighted by molar-refractivity contribution is -0.140. The van der Waals surface area contributed by atoms with Gasteiger partial charge in [0.05, 0.1) is 0 Å². The molecule has 0 aromatic carbocycles. The van der Waals surface area contributed by atoms with E-state index < -0.39 is 22.0 Å². The number of pyridine rings is 1. The third-order valence-electron chi connectivity index (χ3n) is 2.16. The van der Waals surface area contributed by atoms with Crippen LogP contribution in [0.2, 0.25) is 0 Å². The molecule has 0 aliphatic heterocycles. The van der Waals surface area contributed by atoms with E-state index in [0.29, 0.717) is 0 Å². The van der Waals surface area contributed by atoms with Crippen LogP contribution in [0.1, 0.15) is 13.8 Å². The predicted molar refractivity (Wildman–Crippen MR) is 60.8 cm³/mol. The van der Waals surface area contributed by atoms with Crippen molar-refractivity contribution in [2.75, 3.05) is 0 Å². The Bertz CT molecular complexity index is 484. The highest BCUT2D eigenvalue weighted by atomic mass is 32.2. The number of aromatic nitrogens is 1. The number of carbonyl (C=O) groups is 1. The Morgan fingerprint density at radius 2 is 2.12 bits per heavy atom. The minimum Gasteiger partial charge on any atom is -0.480 e. The zero-order valence-corrected chi connectivity index (χ0v) is 10.3. The topological polar surface area (TPSA) is 96.4 Å². The first-order valence-corrected chi connectivity index (χ1v) is 6.48. The summed E-state index contributed by atoms with van der Waals surface area (Å²) in [6.07, 6.45) is 2.61. The van der Waals surface area contributed by atoms with Gasteiger partial charge in [-0.1, -0.05) is 13.8 Å². The van der Waals surface area contributed by atoms with Crippen LogP contribution >= 0.6 is 0 Å². The summed E-state index contributed by atoms with van der Waals surface area (Å²) >= 11 is 0. The number of hydrogen-bond donors (Lipinski definition) is 2. The Morgan fingerprint density at radius 1 is 1.47 bits per heavy atom. The fourth-order valence-electron chi connectivity index (χ4n) is 1.21. The molecule has 0 spiro atoms. The molecule has 7 heteroatoms. The Morgan fingerprint density at radius 3 is 2.53 bits per heavy atom. The van der Waals surface area contributed by atoms with Gasteiger partial charge in [0.25, 0.3) is 0 Å². The van der Waals surface area contributed by atoms with Gasteiger partial charge in [0.1, 0.15) is 10.9 Å². The van der Waals surface area contributed by atoms with Gasteiger partial charge in [0.2, 0.25) is 10.0 Å². The molecule has 94 valence electrons. The van der Waals surface area contributed by atoms with Gasteiger partial charge in [-0.25, -0.2) is 8.42 Å². The second kappa shape index (κ2) is 5.24. The molecule has 1 rings (SSSR count). The predicted octanol–water partition coefficient (Wildman–Crippen LogP) is 0.469. The number of carboxylic acids is 1. The molecular weight excluding hydrogens is 244 g/mol. The molecule has 1 aromatic rings. The summed E-state index contributed by atoms with van der Waals surface area (Å²) in [5.41, 5.74) is 0. The van der Waals surface area contributed by atoms with Crippen molar-refractivity contribution in [1.29, 1.82) is 0 Å². The number of carboxylic acid groups (broad SMARTS) is 1. The highest BCUT2D eigenvalue weighted by Gasteiger charge is 2.27. The van der Waals surface area contributed by atoms with E-state index in [1.165, 1.54) is 24.5 Å². The van der Waals surface area contributed by atoms with E-state index in [0.717, 1.165) is 0 Å². The number of nitrogens with one attached hydrogen (secondary N) is 1. The maximum absolute atomic E-state index is 11.8. The number of sulfonamides is 1. The molecule has 1 atom stereocenters. The van der Waals surface area contributed by atoms with Gasteiger partial charge in [-0.2, -0.15) is 4.72 Å². The molecule has 1 aromatic heterocycles. The molecule has 0 saturated carbocycles. The highest BCUT2D eigenvalue weighted by molar-refractivity contribution is 7.89. The minimum atomic E-state index is -3.84. The molecule has 6 nitrogen and oxygen atoms in total. The Labute approximate surface area is 99.7 Å². The third-order valence-corrected chi connectivity index (χ3v) is 3.59. The quantitative estimate of drug-likeness (QED) is 0.800. The van der Waals surface area contributed by atoms with Gasteiger partial charge in [-0.3, -0.25) is 9.78 Å². The molecule has 0 radical (unpaired) electrons. The van der Waals surface area contributed by atoms with Crippen LogP contribution < -0.4 is 4.72 Å². The van der Waals surface area contributed by atoms with E-state index in [1.54, 1.807) is 13.8 Å². The second-order valence-corrected chi connectivity index (χ2v) is 5.58. The molecule has 0 bridgehead atoms. The molecule has 1 heterocycles. The van der Waals surface area contributed by atoms with Crippen molar-refractivity contribution in [2.24, 2.45) is 5.92 Å². The van der Waals surface area contributed by atoms with E-state index in [-0.39, 0.29) is 10.8 Å². The number of nitrogens with zero attached hydrogens (tertiary/aromatic N) is 1. The largest absolute Gasteiger partial charge is 0.480 e. The average molecular weight is 258 g/mol. The van der Waals surface area contributed by atoms with E-state index in [9.17, 15) is 13.2 Å². The van der Waals surface area contributed by atoms with Crippen LogP contribution in [0.4, 0.5) is 0 Å². The van der Waals surface area contributed by atoms with Gasteiger partial charge >= 0.3 is 5.97 Å². The van der Waals surface area contributed by atoms with Crippen molar-refractivity contribution in [1.82, 2.24) is 9.71 Å². The first-order chi connectivity index (χ1) is 7.84. The van der Waals surface area contributed by atoms with Gasteiger partial charge < -0.3 is 5.11 Å². The lowest BCUT2D eigenvalue weighted by Gasteiger charge is -2.17. The molecule has 0 fully saturated rings. The van der Waals surface area contributed by atoms with Gasteiger partial charge in [0.15, 0.2) is 0 Å². The van der Waals surface area contributed by atoms with Crippen molar-refractivity contribution >= 4 is 16.0 Å². The Hall–Kier alpha value is -1.47. The maximum atomic E-state index is 11.8. The Balaban J connectivity index is 2.97.